The van der Waals surface area contributed by atoms with Crippen molar-refractivity contribution in [2.24, 2.45) is 0 Å². The number of thiophene rings is 1. The number of para-hydroxylation sites is 1. The van der Waals surface area contributed by atoms with Crippen LogP contribution in [0.3, 0.4) is 0 Å². The molecule has 0 radical (unpaired) electrons. The summed E-state index contributed by atoms with van der Waals surface area (Å²) in [5.74, 6) is -0.265. The van der Waals surface area contributed by atoms with E-state index in [0.29, 0.717) is 11.7 Å². The Labute approximate surface area is 169 Å². The molecule has 0 bridgehead atoms. The highest BCUT2D eigenvalue weighted by Gasteiger charge is 2.22. The molecule has 1 aliphatic heterocycles. The average molecular weight is 400 g/mol. The van der Waals surface area contributed by atoms with E-state index in [1.54, 1.807) is 28.2 Å². The Morgan fingerprint density at radius 1 is 1.25 bits per heavy atom. The van der Waals surface area contributed by atoms with Gasteiger partial charge in [-0.15, -0.1) is 11.3 Å². The van der Waals surface area contributed by atoms with Crippen LogP contribution in [-0.4, -0.2) is 41.0 Å². The molecule has 148 valence electrons. The lowest BCUT2D eigenvalue weighted by Crippen LogP contribution is -2.36. The van der Waals surface area contributed by atoms with E-state index in [1.165, 1.54) is 15.8 Å². The first-order valence-corrected chi connectivity index (χ1v) is 10.5. The van der Waals surface area contributed by atoms with Crippen molar-refractivity contribution in [3.05, 3.63) is 57.7 Å². The Kier molecular flexibility index (Phi) is 5.62. The van der Waals surface area contributed by atoms with Crippen molar-refractivity contribution in [1.82, 2.24) is 14.7 Å². The van der Waals surface area contributed by atoms with E-state index >= 15 is 0 Å². The van der Waals surface area contributed by atoms with Gasteiger partial charge in [0.05, 0.1) is 5.69 Å². The Morgan fingerprint density at radius 3 is 2.68 bits per heavy atom. The first-order valence-electron chi connectivity index (χ1n) is 9.72. The number of aryl methyl sites for hydroxylation is 2. The summed E-state index contributed by atoms with van der Waals surface area (Å²) in [6.07, 6.45) is 4.07. The van der Waals surface area contributed by atoms with Gasteiger partial charge in [-0.2, -0.15) is 5.10 Å². The number of aromatic nitrogens is 2. The molecular weight excluding hydrogens is 373 g/mol. The summed E-state index contributed by atoms with van der Waals surface area (Å²) in [6.45, 7) is 6.66. The van der Waals surface area contributed by atoms with Crippen LogP contribution in [0.1, 0.15) is 28.2 Å². The van der Waals surface area contributed by atoms with Crippen molar-refractivity contribution in [2.75, 3.05) is 20.3 Å². The van der Waals surface area contributed by atoms with Crippen molar-refractivity contribution in [2.45, 2.75) is 39.3 Å². The molecule has 0 aliphatic carbocycles. The highest BCUT2D eigenvalue weighted by molar-refractivity contribution is 7.12. The molecule has 0 spiro atoms. The lowest BCUT2D eigenvalue weighted by molar-refractivity contribution is 0.0407. The number of rotatable bonds is 5. The van der Waals surface area contributed by atoms with Crippen LogP contribution in [0, 0.1) is 19.7 Å². The molecule has 0 unspecified atom stereocenters. The van der Waals surface area contributed by atoms with Crippen LogP contribution < -0.4 is 0 Å². The molecule has 6 heteroatoms. The van der Waals surface area contributed by atoms with Crippen molar-refractivity contribution in [3.63, 3.8) is 0 Å². The van der Waals surface area contributed by atoms with Gasteiger partial charge in [0.25, 0.3) is 0 Å². The fraction of sp³-hybridized carbons (Fsp3) is 0.409. The molecule has 3 heterocycles. The predicted molar refractivity (Wildman–Crippen MR) is 112 cm³/mol. The van der Waals surface area contributed by atoms with E-state index in [4.69, 9.17) is 9.84 Å². The number of halogens is 1. The Bertz CT molecular complexity index is 959. The predicted octanol–water partition coefficient (Wildman–Crippen LogP) is 4.97. The zero-order valence-corrected chi connectivity index (χ0v) is 17.4. The third-order valence-electron chi connectivity index (χ3n) is 5.42. The molecule has 1 saturated heterocycles. The normalized spacial score (nSPS) is 15.5. The molecule has 0 amide bonds. The number of hydrogen-bond donors (Lipinski definition) is 0. The third-order valence-corrected chi connectivity index (χ3v) is 6.39. The van der Waals surface area contributed by atoms with Crippen LogP contribution in [0.25, 0.3) is 16.9 Å². The summed E-state index contributed by atoms with van der Waals surface area (Å²) in [4.78, 5) is 4.88. The summed E-state index contributed by atoms with van der Waals surface area (Å²) in [7, 11) is 2.16. The molecule has 4 rings (SSSR count). The molecule has 1 aliphatic rings. The minimum absolute atomic E-state index is 0.265. The molecule has 0 atom stereocenters. The van der Waals surface area contributed by atoms with E-state index in [-0.39, 0.29) is 5.82 Å². The number of benzene rings is 1. The summed E-state index contributed by atoms with van der Waals surface area (Å²) in [5, 5.41) is 4.82. The first kappa shape index (κ1) is 19.3. The molecule has 4 nitrogen and oxygen atoms in total. The van der Waals surface area contributed by atoms with Crippen molar-refractivity contribution >= 4 is 11.3 Å². The number of hydrogen-bond acceptors (Lipinski definition) is 4. The van der Waals surface area contributed by atoms with Gasteiger partial charge in [0, 0.05) is 52.9 Å². The maximum atomic E-state index is 14.4. The van der Waals surface area contributed by atoms with Gasteiger partial charge in [-0.1, -0.05) is 12.1 Å². The van der Waals surface area contributed by atoms with E-state index in [0.717, 1.165) is 49.4 Å². The largest absolute Gasteiger partial charge is 0.381 e. The van der Waals surface area contributed by atoms with Gasteiger partial charge in [-0.3, -0.25) is 4.90 Å². The fourth-order valence-electron chi connectivity index (χ4n) is 3.90. The van der Waals surface area contributed by atoms with Crippen LogP contribution in [0.4, 0.5) is 4.39 Å². The minimum atomic E-state index is -0.265. The van der Waals surface area contributed by atoms with Gasteiger partial charge in [0.2, 0.25) is 0 Å². The third kappa shape index (κ3) is 3.90. The van der Waals surface area contributed by atoms with Crippen LogP contribution in [0.2, 0.25) is 0 Å². The molecule has 1 aromatic carbocycles. The number of ether oxygens (including phenoxy) is 1. The zero-order valence-electron chi connectivity index (χ0n) is 16.6. The topological polar surface area (TPSA) is 30.3 Å². The van der Waals surface area contributed by atoms with E-state index in [2.05, 4.69) is 31.9 Å². The Balaban J connectivity index is 1.72. The Morgan fingerprint density at radius 2 is 2.00 bits per heavy atom. The van der Waals surface area contributed by atoms with Gasteiger partial charge in [-0.25, -0.2) is 9.07 Å². The lowest BCUT2D eigenvalue weighted by atomic mass is 10.1. The maximum absolute atomic E-state index is 14.4. The highest BCUT2D eigenvalue weighted by atomic mass is 32.1. The van der Waals surface area contributed by atoms with Gasteiger partial charge in [-0.05, 0) is 51.9 Å². The van der Waals surface area contributed by atoms with Crippen molar-refractivity contribution < 1.29 is 9.13 Å². The summed E-state index contributed by atoms with van der Waals surface area (Å²) in [5.41, 5.74) is 3.70. The van der Waals surface area contributed by atoms with Crippen LogP contribution in [0.5, 0.6) is 0 Å². The van der Waals surface area contributed by atoms with Gasteiger partial charge >= 0.3 is 0 Å². The van der Waals surface area contributed by atoms with E-state index < -0.39 is 0 Å². The van der Waals surface area contributed by atoms with Gasteiger partial charge < -0.3 is 4.74 Å². The molecular formula is C22H26FN3OS. The smallest absolute Gasteiger partial charge is 0.148 e. The van der Waals surface area contributed by atoms with Gasteiger partial charge in [0.1, 0.15) is 11.5 Å². The lowest BCUT2D eigenvalue weighted by Gasteiger charge is -2.31. The van der Waals surface area contributed by atoms with Crippen LogP contribution in [0.15, 0.2) is 36.5 Å². The van der Waals surface area contributed by atoms with E-state index in [9.17, 15) is 4.39 Å². The number of nitrogens with zero attached hydrogens (tertiary/aromatic N) is 3. The first-order chi connectivity index (χ1) is 13.5. The molecule has 1 fully saturated rings. The second-order valence-corrected chi connectivity index (χ2v) is 8.94. The second-order valence-electron chi connectivity index (χ2n) is 7.48. The summed E-state index contributed by atoms with van der Waals surface area (Å²) >= 11 is 1.77. The zero-order chi connectivity index (χ0) is 19.7. The second kappa shape index (κ2) is 8.15. The minimum Gasteiger partial charge on any atom is -0.381 e. The monoisotopic (exact) mass is 399 g/mol. The molecule has 3 aromatic rings. The molecule has 2 aromatic heterocycles. The standard InChI is InChI=1S/C22H26FN3OS/c1-15-12-19(16(2)28-15)22-17(13-25(3)18-8-10-27-11-9-18)14-26(24-22)21-7-5-4-6-20(21)23/h4-7,12,14,18H,8-11,13H2,1-3H3. The molecule has 28 heavy (non-hydrogen) atoms. The van der Waals surface area contributed by atoms with Crippen molar-refractivity contribution in [1.29, 1.82) is 0 Å². The summed E-state index contributed by atoms with van der Waals surface area (Å²) in [6, 6.07) is 9.48. The summed E-state index contributed by atoms with van der Waals surface area (Å²) < 4.78 is 21.6. The fourth-order valence-corrected chi connectivity index (χ4v) is 4.83. The SMILES string of the molecule is Cc1cc(-c2nn(-c3ccccc3F)cc2CN(C)C2CCOCC2)c(C)s1. The van der Waals surface area contributed by atoms with Crippen LogP contribution >= 0.6 is 11.3 Å². The highest BCUT2D eigenvalue weighted by Crippen LogP contribution is 2.33. The van der Waals surface area contributed by atoms with Gasteiger partial charge in [0.15, 0.2) is 0 Å². The van der Waals surface area contributed by atoms with Crippen molar-refractivity contribution in [3.8, 4) is 16.9 Å². The Hall–Kier alpha value is -2.02. The van der Waals surface area contributed by atoms with Crippen LogP contribution in [-0.2, 0) is 11.3 Å². The average Bonchev–Trinajstić information content (AvgIpc) is 3.25. The quantitative estimate of drug-likeness (QED) is 0.607. The molecule has 0 N–H and O–H groups in total. The maximum Gasteiger partial charge on any atom is 0.148 e. The van der Waals surface area contributed by atoms with E-state index in [1.807, 2.05) is 12.3 Å². The molecule has 0 saturated carbocycles.